The van der Waals surface area contributed by atoms with Gasteiger partial charge < -0.3 is 5.11 Å². The highest BCUT2D eigenvalue weighted by molar-refractivity contribution is 5.84. The van der Waals surface area contributed by atoms with Crippen molar-refractivity contribution in [3.63, 3.8) is 0 Å². The predicted octanol–water partition coefficient (Wildman–Crippen LogP) is 2.11. The summed E-state index contributed by atoms with van der Waals surface area (Å²) < 4.78 is 12.7. The lowest BCUT2D eigenvalue weighted by molar-refractivity contribution is -0.134. The second-order valence-corrected chi connectivity index (χ2v) is 3.07. The first-order valence-electron chi connectivity index (χ1n) is 3.72. The standard InChI is InChI=1S/C8H11FO2/c1-5-2-3-6(4-5)7(9)8(10)11/h5H,2-4H2,1H3,(H,10,11). The highest BCUT2D eigenvalue weighted by Gasteiger charge is 2.21. The number of carboxylic acid groups (broad SMARTS) is 1. The van der Waals surface area contributed by atoms with E-state index >= 15 is 0 Å². The van der Waals surface area contributed by atoms with Gasteiger partial charge in [0.05, 0.1) is 0 Å². The van der Waals surface area contributed by atoms with Gasteiger partial charge in [-0.05, 0) is 30.8 Å². The molecule has 0 spiro atoms. The quantitative estimate of drug-likeness (QED) is 0.593. The smallest absolute Gasteiger partial charge is 0.364 e. The number of allylic oxidation sites excluding steroid dienone is 1. The summed E-state index contributed by atoms with van der Waals surface area (Å²) in [6, 6.07) is 0. The van der Waals surface area contributed by atoms with Crippen molar-refractivity contribution in [2.45, 2.75) is 26.2 Å². The molecule has 1 fully saturated rings. The van der Waals surface area contributed by atoms with Crippen molar-refractivity contribution in [2.24, 2.45) is 5.92 Å². The fraction of sp³-hybridized carbons (Fsp3) is 0.625. The molecular weight excluding hydrogens is 147 g/mol. The molecule has 0 aliphatic heterocycles. The summed E-state index contributed by atoms with van der Waals surface area (Å²) in [4.78, 5) is 10.2. The van der Waals surface area contributed by atoms with Crippen LogP contribution in [0.25, 0.3) is 0 Å². The average molecular weight is 158 g/mol. The highest BCUT2D eigenvalue weighted by atomic mass is 19.1. The maximum atomic E-state index is 12.7. The van der Waals surface area contributed by atoms with E-state index in [1.807, 2.05) is 6.92 Å². The largest absolute Gasteiger partial charge is 0.476 e. The van der Waals surface area contributed by atoms with Gasteiger partial charge in [0.1, 0.15) is 0 Å². The second kappa shape index (κ2) is 3.03. The molecule has 2 nitrogen and oxygen atoms in total. The van der Waals surface area contributed by atoms with Gasteiger partial charge in [0, 0.05) is 0 Å². The number of hydrogen-bond donors (Lipinski definition) is 1. The van der Waals surface area contributed by atoms with Gasteiger partial charge in [-0.25, -0.2) is 4.79 Å². The highest BCUT2D eigenvalue weighted by Crippen LogP contribution is 2.32. The zero-order chi connectivity index (χ0) is 8.43. The van der Waals surface area contributed by atoms with Crippen molar-refractivity contribution in [1.82, 2.24) is 0 Å². The molecule has 3 heteroatoms. The summed E-state index contributed by atoms with van der Waals surface area (Å²) in [5, 5.41) is 8.30. The molecule has 0 radical (unpaired) electrons. The molecule has 1 saturated carbocycles. The number of halogens is 1. The molecule has 1 unspecified atom stereocenters. The summed E-state index contributed by atoms with van der Waals surface area (Å²) >= 11 is 0. The number of hydrogen-bond acceptors (Lipinski definition) is 1. The number of rotatable bonds is 1. The lowest BCUT2D eigenvalue weighted by atomic mass is 10.1. The van der Waals surface area contributed by atoms with Crippen LogP contribution in [0, 0.1) is 5.92 Å². The Morgan fingerprint density at radius 3 is 2.73 bits per heavy atom. The minimum absolute atomic E-state index is 0.440. The van der Waals surface area contributed by atoms with E-state index in [0.29, 0.717) is 24.3 Å². The average Bonchev–Trinajstić information content (AvgIpc) is 2.34. The van der Waals surface area contributed by atoms with Crippen molar-refractivity contribution in [3.8, 4) is 0 Å². The molecule has 0 saturated heterocycles. The third kappa shape index (κ3) is 1.79. The van der Waals surface area contributed by atoms with Crippen molar-refractivity contribution in [3.05, 3.63) is 11.4 Å². The van der Waals surface area contributed by atoms with Crippen molar-refractivity contribution >= 4 is 5.97 Å². The third-order valence-corrected chi connectivity index (χ3v) is 2.03. The van der Waals surface area contributed by atoms with Crippen molar-refractivity contribution in [1.29, 1.82) is 0 Å². The summed E-state index contributed by atoms with van der Waals surface area (Å²) in [5.41, 5.74) is 0.477. The SMILES string of the molecule is CC1CCC(=C(F)C(=O)O)C1. The Kier molecular flexibility index (Phi) is 2.27. The molecule has 1 atom stereocenters. The van der Waals surface area contributed by atoms with Crippen LogP contribution in [-0.2, 0) is 4.79 Å². The zero-order valence-electron chi connectivity index (χ0n) is 6.43. The van der Waals surface area contributed by atoms with Gasteiger partial charge in [-0.2, -0.15) is 4.39 Å². The topological polar surface area (TPSA) is 37.3 Å². The van der Waals surface area contributed by atoms with E-state index < -0.39 is 11.8 Å². The summed E-state index contributed by atoms with van der Waals surface area (Å²) in [7, 11) is 0. The van der Waals surface area contributed by atoms with Crippen molar-refractivity contribution < 1.29 is 14.3 Å². The summed E-state index contributed by atoms with van der Waals surface area (Å²) in [6.45, 7) is 2.00. The van der Waals surface area contributed by atoms with Gasteiger partial charge in [-0.3, -0.25) is 0 Å². The second-order valence-electron chi connectivity index (χ2n) is 3.07. The van der Waals surface area contributed by atoms with Gasteiger partial charge in [0.2, 0.25) is 5.83 Å². The van der Waals surface area contributed by atoms with Gasteiger partial charge in [0.15, 0.2) is 0 Å². The molecule has 0 aromatic heterocycles. The maximum absolute atomic E-state index is 12.7. The summed E-state index contributed by atoms with van der Waals surface area (Å²) in [5.74, 6) is -1.92. The van der Waals surface area contributed by atoms with E-state index in [9.17, 15) is 9.18 Å². The Bertz CT molecular complexity index is 208. The Labute approximate surface area is 64.7 Å². The molecule has 1 aliphatic rings. The molecule has 0 aromatic carbocycles. The molecule has 0 bridgehead atoms. The zero-order valence-corrected chi connectivity index (χ0v) is 6.43. The monoisotopic (exact) mass is 158 g/mol. The predicted molar refractivity (Wildman–Crippen MR) is 38.8 cm³/mol. The van der Waals surface area contributed by atoms with E-state index in [-0.39, 0.29) is 0 Å². The van der Waals surface area contributed by atoms with Crippen LogP contribution in [0.5, 0.6) is 0 Å². The Balaban J connectivity index is 2.73. The van der Waals surface area contributed by atoms with Crippen LogP contribution in [0.1, 0.15) is 26.2 Å². The van der Waals surface area contributed by atoms with Gasteiger partial charge in [-0.1, -0.05) is 6.92 Å². The molecule has 11 heavy (non-hydrogen) atoms. The number of aliphatic carboxylic acids is 1. The van der Waals surface area contributed by atoms with E-state index in [1.165, 1.54) is 0 Å². The Morgan fingerprint density at radius 2 is 2.36 bits per heavy atom. The molecule has 0 aromatic rings. The first-order valence-corrected chi connectivity index (χ1v) is 3.72. The number of carbonyl (C=O) groups is 1. The Morgan fingerprint density at radius 1 is 1.73 bits per heavy atom. The lowest BCUT2D eigenvalue weighted by Crippen LogP contribution is -1.98. The van der Waals surface area contributed by atoms with Crippen LogP contribution in [0.2, 0.25) is 0 Å². The van der Waals surface area contributed by atoms with Gasteiger partial charge in [0.25, 0.3) is 0 Å². The fourth-order valence-corrected chi connectivity index (χ4v) is 1.40. The molecule has 0 amide bonds. The lowest BCUT2D eigenvalue weighted by Gasteiger charge is -1.96. The van der Waals surface area contributed by atoms with Crippen LogP contribution in [0.15, 0.2) is 11.4 Å². The van der Waals surface area contributed by atoms with Crippen LogP contribution < -0.4 is 0 Å². The van der Waals surface area contributed by atoms with Crippen LogP contribution >= 0.6 is 0 Å². The first kappa shape index (κ1) is 8.24. The molecule has 1 rings (SSSR count). The summed E-state index contributed by atoms with van der Waals surface area (Å²) in [6.07, 6.45) is 2.13. The first-order chi connectivity index (χ1) is 5.11. The minimum Gasteiger partial charge on any atom is -0.476 e. The maximum Gasteiger partial charge on any atom is 0.364 e. The van der Waals surface area contributed by atoms with Crippen molar-refractivity contribution in [2.75, 3.05) is 0 Å². The number of carboxylic acids is 1. The minimum atomic E-state index is -1.42. The fourth-order valence-electron chi connectivity index (χ4n) is 1.40. The Hall–Kier alpha value is -0.860. The van der Waals surface area contributed by atoms with E-state index in [1.54, 1.807) is 0 Å². The molecule has 1 N–H and O–H groups in total. The van der Waals surface area contributed by atoms with E-state index in [2.05, 4.69) is 0 Å². The van der Waals surface area contributed by atoms with E-state index in [0.717, 1.165) is 6.42 Å². The normalized spacial score (nSPS) is 28.7. The van der Waals surface area contributed by atoms with Crippen LogP contribution in [0.4, 0.5) is 4.39 Å². The van der Waals surface area contributed by atoms with Gasteiger partial charge >= 0.3 is 5.97 Å². The molecule has 0 heterocycles. The third-order valence-electron chi connectivity index (χ3n) is 2.03. The molecule has 1 aliphatic carbocycles. The molecular formula is C8H11FO2. The van der Waals surface area contributed by atoms with Crippen LogP contribution in [0.3, 0.4) is 0 Å². The van der Waals surface area contributed by atoms with Crippen LogP contribution in [-0.4, -0.2) is 11.1 Å². The molecule has 62 valence electrons. The van der Waals surface area contributed by atoms with E-state index in [4.69, 9.17) is 5.11 Å². The van der Waals surface area contributed by atoms with Gasteiger partial charge in [-0.15, -0.1) is 0 Å².